The first-order valence-electron chi connectivity index (χ1n) is 8.39. The fourth-order valence-corrected chi connectivity index (χ4v) is 4.60. The number of anilines is 1. The highest BCUT2D eigenvalue weighted by Crippen LogP contribution is 2.34. The van der Waals surface area contributed by atoms with Crippen LogP contribution < -0.4 is 5.73 Å². The molecule has 4 rings (SSSR count). The Hall–Kier alpha value is -2.86. The van der Waals surface area contributed by atoms with Crippen molar-refractivity contribution in [1.82, 2.24) is 9.19 Å². The van der Waals surface area contributed by atoms with Crippen LogP contribution in [0.1, 0.15) is 28.3 Å². The molecule has 0 spiro atoms. The Morgan fingerprint density at radius 2 is 1.77 bits per heavy atom. The molecular weight excluding hydrogens is 346 g/mol. The van der Waals surface area contributed by atoms with Crippen LogP contribution in [-0.4, -0.2) is 17.6 Å². The lowest BCUT2D eigenvalue weighted by atomic mass is 9.88. The van der Waals surface area contributed by atoms with E-state index in [9.17, 15) is 8.42 Å². The number of benzene rings is 2. The van der Waals surface area contributed by atoms with Crippen LogP contribution in [0.15, 0.2) is 65.6 Å². The first kappa shape index (κ1) is 16.6. The lowest BCUT2D eigenvalue weighted by Crippen LogP contribution is -2.20. The molecule has 2 N–H and O–H groups in total. The van der Waals surface area contributed by atoms with E-state index in [1.54, 1.807) is 24.3 Å². The molecule has 0 amide bonds. The first-order valence-corrected chi connectivity index (χ1v) is 9.83. The summed E-state index contributed by atoms with van der Waals surface area (Å²) in [5.74, 6) is 0.324. The summed E-state index contributed by atoms with van der Waals surface area (Å²) >= 11 is 0. The van der Waals surface area contributed by atoms with E-state index in [1.165, 1.54) is 0 Å². The zero-order chi connectivity index (χ0) is 18.3. The maximum Gasteiger partial charge on any atom is 0.283 e. The molecule has 1 atom stereocenters. The van der Waals surface area contributed by atoms with Gasteiger partial charge in [-0.15, -0.1) is 5.10 Å². The fourth-order valence-electron chi connectivity index (χ4n) is 3.26. The molecule has 0 saturated carbocycles. The molecule has 0 saturated heterocycles. The van der Waals surface area contributed by atoms with Gasteiger partial charge in [-0.2, -0.15) is 12.5 Å². The minimum atomic E-state index is -3.79. The number of rotatable bonds is 3. The lowest BCUT2D eigenvalue weighted by molar-refractivity contribution is 0.575. The molecule has 26 heavy (non-hydrogen) atoms. The molecular formula is C20H19N3O2S. The van der Waals surface area contributed by atoms with E-state index in [-0.39, 0.29) is 16.6 Å². The van der Waals surface area contributed by atoms with Crippen LogP contribution in [0.5, 0.6) is 0 Å². The van der Waals surface area contributed by atoms with Gasteiger partial charge in [-0.05, 0) is 24.6 Å². The quantitative estimate of drug-likeness (QED) is 0.772. The topological polar surface area (TPSA) is 78.0 Å². The molecule has 1 aliphatic rings. The maximum absolute atomic E-state index is 13.1. The summed E-state index contributed by atoms with van der Waals surface area (Å²) in [4.78, 5) is 0.208. The predicted molar refractivity (Wildman–Crippen MR) is 102 cm³/mol. The Balaban J connectivity index is 1.79. The second-order valence-electron chi connectivity index (χ2n) is 6.49. The maximum atomic E-state index is 13.1. The molecule has 0 radical (unpaired) electrons. The van der Waals surface area contributed by atoms with Crippen molar-refractivity contribution >= 4 is 21.9 Å². The number of nitrogen functional groups attached to an aromatic ring is 1. The Morgan fingerprint density at radius 3 is 2.46 bits per heavy atom. The third-order valence-electron chi connectivity index (χ3n) is 4.70. The van der Waals surface area contributed by atoms with E-state index in [0.29, 0.717) is 17.7 Å². The van der Waals surface area contributed by atoms with Gasteiger partial charge in [0.05, 0.1) is 10.6 Å². The first-order chi connectivity index (χ1) is 12.5. The number of fused-ring (bicyclic) bond motifs is 1. The lowest BCUT2D eigenvalue weighted by Gasteiger charge is -2.19. The SMILES string of the molecule is Cc1ccc(S(=O)(=O)n2nc(N)c3c2CC(c2ccccc2)C=C3)cc1. The molecule has 5 nitrogen and oxygen atoms in total. The van der Waals surface area contributed by atoms with Gasteiger partial charge in [0.1, 0.15) is 0 Å². The van der Waals surface area contributed by atoms with E-state index in [0.717, 1.165) is 15.2 Å². The van der Waals surface area contributed by atoms with Crippen molar-refractivity contribution in [2.24, 2.45) is 0 Å². The monoisotopic (exact) mass is 365 g/mol. The normalized spacial score (nSPS) is 16.4. The summed E-state index contributed by atoms with van der Waals surface area (Å²) in [6.07, 6.45) is 4.46. The second-order valence-corrected chi connectivity index (χ2v) is 8.25. The van der Waals surface area contributed by atoms with Crippen LogP contribution in [0.3, 0.4) is 0 Å². The number of allylic oxidation sites excluding steroid dienone is 1. The van der Waals surface area contributed by atoms with Crippen LogP contribution in [0.25, 0.3) is 6.08 Å². The number of aryl methyl sites for hydroxylation is 1. The summed E-state index contributed by atoms with van der Waals surface area (Å²) in [7, 11) is -3.79. The van der Waals surface area contributed by atoms with Gasteiger partial charge < -0.3 is 5.73 Å². The molecule has 1 aromatic heterocycles. The van der Waals surface area contributed by atoms with Crippen molar-refractivity contribution in [2.45, 2.75) is 24.2 Å². The van der Waals surface area contributed by atoms with Gasteiger partial charge in [-0.1, -0.05) is 60.2 Å². The minimum Gasteiger partial charge on any atom is -0.382 e. The summed E-state index contributed by atoms with van der Waals surface area (Å²) in [6.45, 7) is 1.92. The van der Waals surface area contributed by atoms with Crippen LogP contribution in [-0.2, 0) is 16.4 Å². The predicted octanol–water partition coefficient (Wildman–Crippen LogP) is 3.36. The number of hydrogen-bond donors (Lipinski definition) is 1. The molecule has 3 aromatic rings. The zero-order valence-corrected chi connectivity index (χ0v) is 15.1. The van der Waals surface area contributed by atoms with Gasteiger partial charge in [0.2, 0.25) is 0 Å². The molecule has 132 valence electrons. The Morgan fingerprint density at radius 1 is 1.08 bits per heavy atom. The largest absolute Gasteiger partial charge is 0.382 e. The molecule has 6 heteroatoms. The Bertz CT molecular complexity index is 1080. The summed E-state index contributed by atoms with van der Waals surface area (Å²) in [5.41, 5.74) is 9.44. The smallest absolute Gasteiger partial charge is 0.283 e. The van der Waals surface area contributed by atoms with Crippen molar-refractivity contribution in [3.8, 4) is 0 Å². The molecule has 1 aliphatic carbocycles. The van der Waals surface area contributed by atoms with Crippen molar-refractivity contribution < 1.29 is 8.42 Å². The highest BCUT2D eigenvalue weighted by atomic mass is 32.2. The number of nitrogens with zero attached hydrogens (tertiary/aromatic N) is 2. The van der Waals surface area contributed by atoms with Crippen LogP contribution in [0, 0.1) is 6.92 Å². The third kappa shape index (κ3) is 2.72. The van der Waals surface area contributed by atoms with E-state index in [4.69, 9.17) is 5.73 Å². The molecule has 1 unspecified atom stereocenters. The van der Waals surface area contributed by atoms with Gasteiger partial charge >= 0.3 is 0 Å². The second kappa shape index (κ2) is 6.14. The average molecular weight is 365 g/mol. The highest BCUT2D eigenvalue weighted by molar-refractivity contribution is 7.89. The van der Waals surface area contributed by atoms with Gasteiger partial charge in [0.25, 0.3) is 10.0 Å². The van der Waals surface area contributed by atoms with Gasteiger partial charge in [-0.25, -0.2) is 0 Å². The van der Waals surface area contributed by atoms with E-state index >= 15 is 0 Å². The molecule has 0 bridgehead atoms. The Kier molecular flexibility index (Phi) is 3.92. The standard InChI is InChI=1S/C20H19N3O2S/c1-14-7-10-17(11-8-14)26(24,25)23-19-13-16(15-5-3-2-4-6-15)9-12-18(19)20(21)22-23/h2-12,16H,13H2,1H3,(H2,21,22). The summed E-state index contributed by atoms with van der Waals surface area (Å²) in [5, 5.41) is 4.15. The van der Waals surface area contributed by atoms with E-state index in [2.05, 4.69) is 11.2 Å². The van der Waals surface area contributed by atoms with Gasteiger partial charge in [0.15, 0.2) is 5.82 Å². The number of nitrogens with two attached hydrogens (primary N) is 1. The fraction of sp³-hybridized carbons (Fsp3) is 0.150. The van der Waals surface area contributed by atoms with Crippen molar-refractivity contribution in [2.75, 3.05) is 5.73 Å². The molecule has 0 fully saturated rings. The van der Waals surface area contributed by atoms with Crippen molar-refractivity contribution in [3.63, 3.8) is 0 Å². The van der Waals surface area contributed by atoms with Crippen LogP contribution >= 0.6 is 0 Å². The minimum absolute atomic E-state index is 0.0896. The van der Waals surface area contributed by atoms with Crippen LogP contribution in [0.4, 0.5) is 5.82 Å². The van der Waals surface area contributed by atoms with Crippen molar-refractivity contribution in [3.05, 3.63) is 83.1 Å². The summed E-state index contributed by atoms with van der Waals surface area (Å²) in [6, 6.07) is 16.8. The molecule has 0 aliphatic heterocycles. The summed E-state index contributed by atoms with van der Waals surface area (Å²) < 4.78 is 27.3. The van der Waals surface area contributed by atoms with Gasteiger partial charge in [-0.3, -0.25) is 0 Å². The average Bonchev–Trinajstić information content (AvgIpc) is 3.00. The van der Waals surface area contributed by atoms with Crippen LogP contribution in [0.2, 0.25) is 0 Å². The van der Waals surface area contributed by atoms with E-state index < -0.39 is 10.0 Å². The number of hydrogen-bond acceptors (Lipinski definition) is 4. The van der Waals surface area contributed by atoms with Gasteiger partial charge in [0, 0.05) is 17.9 Å². The Labute approximate surface area is 152 Å². The molecule has 1 heterocycles. The third-order valence-corrected chi connectivity index (χ3v) is 6.32. The zero-order valence-electron chi connectivity index (χ0n) is 14.3. The van der Waals surface area contributed by atoms with Crippen molar-refractivity contribution in [1.29, 1.82) is 0 Å². The van der Waals surface area contributed by atoms with E-state index in [1.807, 2.05) is 43.3 Å². The highest BCUT2D eigenvalue weighted by Gasteiger charge is 2.29. The molecule has 2 aromatic carbocycles. The number of aromatic nitrogens is 2.